The van der Waals surface area contributed by atoms with E-state index >= 15 is 0 Å². The van der Waals surface area contributed by atoms with Crippen LogP contribution in [0, 0.1) is 0 Å². The van der Waals surface area contributed by atoms with Crippen LogP contribution < -0.4 is 0 Å². The molecule has 0 aromatic heterocycles. The van der Waals surface area contributed by atoms with Crippen molar-refractivity contribution in [2.75, 3.05) is 23.0 Å². The maximum atomic E-state index is 4.21. The minimum atomic E-state index is 0.827. The van der Waals surface area contributed by atoms with Crippen LogP contribution in [0.4, 0.5) is 0 Å². The third-order valence-corrected chi connectivity index (χ3v) is 7.03. The molecule has 8 heteroatoms. The summed E-state index contributed by atoms with van der Waals surface area (Å²) in [5.41, 5.74) is 1.65. The molecule has 2 heterocycles. The second-order valence-electron chi connectivity index (χ2n) is 3.50. The van der Waals surface area contributed by atoms with Gasteiger partial charge >= 0.3 is 0 Å². The van der Waals surface area contributed by atoms with E-state index in [2.05, 4.69) is 20.4 Å². The Balaban J connectivity index is 1.96. The fourth-order valence-corrected chi connectivity index (χ4v) is 5.18. The van der Waals surface area contributed by atoms with Crippen LogP contribution in [0.15, 0.2) is 20.4 Å². The average Bonchev–Trinajstić information content (AvgIpc) is 3.05. The first-order chi connectivity index (χ1) is 8.75. The summed E-state index contributed by atoms with van der Waals surface area (Å²) >= 11 is 7.05. The smallest absolute Gasteiger partial charge is 0.152 e. The predicted octanol–water partition coefficient (Wildman–Crippen LogP) is 3.41. The van der Waals surface area contributed by atoms with Crippen LogP contribution in [0.2, 0.25) is 0 Å². The quantitative estimate of drug-likeness (QED) is 0.591. The van der Waals surface area contributed by atoms with Crippen LogP contribution in [0.3, 0.4) is 0 Å². The standard InChI is InChI=1S/C10H14N4S4/c1-7(11-13-9-15-3-4-16-9)8(2)12-14-10-17-5-6-18-10/h3-6H2,1-2H3/b11-7+,12-8+. The van der Waals surface area contributed by atoms with Gasteiger partial charge in [0, 0.05) is 23.0 Å². The van der Waals surface area contributed by atoms with E-state index in [1.807, 2.05) is 13.8 Å². The zero-order chi connectivity index (χ0) is 12.8. The molecule has 0 aromatic rings. The van der Waals surface area contributed by atoms with E-state index in [-0.39, 0.29) is 0 Å². The molecule has 0 radical (unpaired) electrons. The third-order valence-electron chi connectivity index (χ3n) is 2.16. The van der Waals surface area contributed by atoms with Gasteiger partial charge in [0.15, 0.2) is 8.75 Å². The molecule has 4 nitrogen and oxygen atoms in total. The fourth-order valence-electron chi connectivity index (χ4n) is 1.09. The van der Waals surface area contributed by atoms with Crippen molar-refractivity contribution in [3.05, 3.63) is 0 Å². The normalized spacial score (nSPS) is 21.7. The number of nitrogens with zero attached hydrogens (tertiary/aromatic N) is 4. The zero-order valence-electron chi connectivity index (χ0n) is 10.3. The van der Waals surface area contributed by atoms with Gasteiger partial charge in [0.1, 0.15) is 0 Å². The molecule has 0 atom stereocenters. The summed E-state index contributed by atoms with van der Waals surface area (Å²) in [6, 6.07) is 0. The third kappa shape index (κ3) is 4.64. The predicted molar refractivity (Wildman–Crippen MR) is 90.9 cm³/mol. The zero-order valence-corrected chi connectivity index (χ0v) is 13.5. The van der Waals surface area contributed by atoms with Gasteiger partial charge in [-0.3, -0.25) is 0 Å². The van der Waals surface area contributed by atoms with Crippen molar-refractivity contribution in [2.24, 2.45) is 20.4 Å². The summed E-state index contributed by atoms with van der Waals surface area (Å²) in [5, 5.41) is 16.8. The molecule has 0 amide bonds. The van der Waals surface area contributed by atoms with Gasteiger partial charge in [0.25, 0.3) is 0 Å². The Hall–Kier alpha value is 0.0800. The molecular weight excluding hydrogens is 304 g/mol. The summed E-state index contributed by atoms with van der Waals surface area (Å²) in [5.74, 6) is 4.53. The molecule has 0 unspecified atom stereocenters. The first kappa shape index (κ1) is 14.5. The molecule has 18 heavy (non-hydrogen) atoms. The van der Waals surface area contributed by atoms with Crippen LogP contribution in [-0.2, 0) is 0 Å². The van der Waals surface area contributed by atoms with Crippen molar-refractivity contribution in [3.8, 4) is 0 Å². The number of hydrogen-bond donors (Lipinski definition) is 0. The monoisotopic (exact) mass is 318 g/mol. The molecule has 2 aliphatic heterocycles. The molecule has 2 rings (SSSR count). The second-order valence-corrected chi connectivity index (χ2v) is 8.35. The van der Waals surface area contributed by atoms with E-state index in [0.717, 1.165) is 43.2 Å². The van der Waals surface area contributed by atoms with E-state index in [1.54, 1.807) is 47.0 Å². The Morgan fingerprint density at radius 1 is 0.722 bits per heavy atom. The van der Waals surface area contributed by atoms with Crippen molar-refractivity contribution >= 4 is 67.2 Å². The summed E-state index contributed by atoms with van der Waals surface area (Å²) < 4.78 is 2.10. The molecule has 0 saturated carbocycles. The molecule has 2 aliphatic rings. The van der Waals surface area contributed by atoms with Crippen LogP contribution in [0.1, 0.15) is 13.8 Å². The van der Waals surface area contributed by atoms with Crippen molar-refractivity contribution < 1.29 is 0 Å². The minimum Gasteiger partial charge on any atom is -0.152 e. The summed E-state index contributed by atoms with van der Waals surface area (Å²) in [4.78, 5) is 0. The van der Waals surface area contributed by atoms with Crippen LogP contribution in [0.5, 0.6) is 0 Å². The first-order valence-electron chi connectivity index (χ1n) is 5.52. The lowest BCUT2D eigenvalue weighted by Gasteiger charge is -1.95. The average molecular weight is 319 g/mol. The maximum absolute atomic E-state index is 4.21. The maximum Gasteiger partial charge on any atom is 0.152 e. The Bertz CT molecular complexity index is 372. The Labute approximate surface area is 124 Å². The first-order valence-corrected chi connectivity index (χ1v) is 9.46. The molecule has 0 N–H and O–H groups in total. The fraction of sp³-hybridized carbons (Fsp3) is 0.600. The lowest BCUT2D eigenvalue weighted by atomic mass is 10.3. The van der Waals surface area contributed by atoms with Crippen molar-refractivity contribution in [1.82, 2.24) is 0 Å². The van der Waals surface area contributed by atoms with Gasteiger partial charge < -0.3 is 0 Å². The second kappa shape index (κ2) is 7.62. The van der Waals surface area contributed by atoms with Crippen LogP contribution in [0.25, 0.3) is 0 Å². The van der Waals surface area contributed by atoms with Crippen LogP contribution in [-0.4, -0.2) is 43.2 Å². The molecule has 98 valence electrons. The topological polar surface area (TPSA) is 49.4 Å². The highest BCUT2D eigenvalue weighted by Gasteiger charge is 2.10. The van der Waals surface area contributed by atoms with E-state index in [9.17, 15) is 0 Å². The Morgan fingerprint density at radius 2 is 1.06 bits per heavy atom. The molecular formula is C10H14N4S4. The van der Waals surface area contributed by atoms with Crippen molar-refractivity contribution in [3.63, 3.8) is 0 Å². The number of hydrogen-bond acceptors (Lipinski definition) is 8. The molecule has 0 bridgehead atoms. The van der Waals surface area contributed by atoms with Crippen molar-refractivity contribution in [1.29, 1.82) is 0 Å². The van der Waals surface area contributed by atoms with Gasteiger partial charge in [-0.2, -0.15) is 10.2 Å². The molecule has 2 saturated heterocycles. The van der Waals surface area contributed by atoms with Gasteiger partial charge in [-0.1, -0.05) is 47.0 Å². The molecule has 0 aliphatic carbocycles. The Kier molecular flexibility index (Phi) is 6.13. The molecule has 0 spiro atoms. The van der Waals surface area contributed by atoms with Gasteiger partial charge in [0.05, 0.1) is 11.4 Å². The van der Waals surface area contributed by atoms with E-state index < -0.39 is 0 Å². The van der Waals surface area contributed by atoms with Gasteiger partial charge in [-0.05, 0) is 13.8 Å². The lowest BCUT2D eigenvalue weighted by molar-refractivity contribution is 1.23. The lowest BCUT2D eigenvalue weighted by Crippen LogP contribution is -2.04. The van der Waals surface area contributed by atoms with Gasteiger partial charge in [0.2, 0.25) is 0 Å². The SMILES string of the molecule is CC(=N\N=C1SCCS1)/C(C)=N/N=C1SCCS1. The number of rotatable bonds is 3. The molecule has 0 aromatic carbocycles. The minimum absolute atomic E-state index is 0.827. The molecule has 2 fully saturated rings. The van der Waals surface area contributed by atoms with Crippen LogP contribution >= 0.6 is 47.0 Å². The van der Waals surface area contributed by atoms with Gasteiger partial charge in [-0.15, -0.1) is 10.2 Å². The van der Waals surface area contributed by atoms with Gasteiger partial charge in [-0.25, -0.2) is 0 Å². The largest absolute Gasteiger partial charge is 0.152 e. The summed E-state index contributed by atoms with van der Waals surface area (Å²) in [7, 11) is 0. The van der Waals surface area contributed by atoms with E-state index in [4.69, 9.17) is 0 Å². The highest BCUT2D eigenvalue weighted by Crippen LogP contribution is 2.26. The highest BCUT2D eigenvalue weighted by atomic mass is 32.2. The van der Waals surface area contributed by atoms with E-state index in [0.29, 0.717) is 0 Å². The van der Waals surface area contributed by atoms with E-state index in [1.165, 1.54) is 0 Å². The van der Waals surface area contributed by atoms with Crippen molar-refractivity contribution in [2.45, 2.75) is 13.8 Å². The highest BCUT2D eigenvalue weighted by molar-refractivity contribution is 8.41. The Morgan fingerprint density at radius 3 is 1.39 bits per heavy atom. The summed E-state index contributed by atoms with van der Waals surface area (Å²) in [6.07, 6.45) is 0. The summed E-state index contributed by atoms with van der Waals surface area (Å²) in [6.45, 7) is 3.84. The number of thioether (sulfide) groups is 4.